The summed E-state index contributed by atoms with van der Waals surface area (Å²) in [6.45, 7) is 5.50. The van der Waals surface area contributed by atoms with E-state index >= 15 is 0 Å². The summed E-state index contributed by atoms with van der Waals surface area (Å²) in [7, 11) is -3.83. The molecule has 1 aromatic heterocycles. The molecule has 2 aliphatic rings. The number of aromatic nitrogens is 2. The van der Waals surface area contributed by atoms with Crippen LogP contribution in [0.5, 0.6) is 0 Å². The van der Waals surface area contributed by atoms with E-state index in [0.717, 1.165) is 5.56 Å². The fourth-order valence-electron chi connectivity index (χ4n) is 4.36. The van der Waals surface area contributed by atoms with E-state index in [2.05, 4.69) is 10.1 Å². The molecule has 2 aliphatic heterocycles. The van der Waals surface area contributed by atoms with Crippen molar-refractivity contribution in [1.29, 1.82) is 0 Å². The lowest BCUT2D eigenvalue weighted by Crippen LogP contribution is -2.40. The van der Waals surface area contributed by atoms with Gasteiger partial charge in [-0.25, -0.2) is 8.42 Å². The maximum atomic E-state index is 13.7. The molecule has 1 atom stereocenters. The minimum absolute atomic E-state index is 0.126. The largest absolute Gasteiger partial charge is 0.378 e. The summed E-state index contributed by atoms with van der Waals surface area (Å²) in [5, 5.41) is 3.93. The number of aryl methyl sites for hydroxylation is 1. The summed E-state index contributed by atoms with van der Waals surface area (Å²) in [4.78, 5) is 18.6. The Balaban J connectivity index is 1.48. The van der Waals surface area contributed by atoms with E-state index in [-0.39, 0.29) is 28.6 Å². The number of ether oxygens (including phenoxy) is 1. The molecule has 5 rings (SSSR count). The first-order valence-electron chi connectivity index (χ1n) is 10.8. The number of fused-ring (bicyclic) bond motifs is 1. The quantitative estimate of drug-likeness (QED) is 0.580. The molecule has 172 valence electrons. The number of hydrogen-bond donors (Lipinski definition) is 0. The summed E-state index contributed by atoms with van der Waals surface area (Å²) in [6, 6.07) is 12.3. The van der Waals surface area contributed by atoms with Crippen LogP contribution in [0.3, 0.4) is 0 Å². The standard InChI is InChI=1S/C23H24N4O5S/c1-15-7-8-18(21-24-22(32-25-21)23(28)26-9-11-31-12-10-26)14-20(15)33(29,30)27-16(2)13-17-5-3-4-6-19(17)27/h3-8,14,16H,9-13H2,1-2H3/t16-/m0/s1. The highest BCUT2D eigenvalue weighted by Crippen LogP contribution is 2.37. The van der Waals surface area contributed by atoms with Crippen LogP contribution in [0.1, 0.15) is 28.7 Å². The third-order valence-electron chi connectivity index (χ3n) is 6.04. The molecule has 0 aliphatic carbocycles. The second kappa shape index (κ2) is 8.27. The number of morpholine rings is 1. The number of sulfonamides is 1. The maximum Gasteiger partial charge on any atom is 0.316 e. The van der Waals surface area contributed by atoms with Crippen LogP contribution in [0.15, 0.2) is 51.9 Å². The van der Waals surface area contributed by atoms with Crippen molar-refractivity contribution in [2.45, 2.75) is 31.2 Å². The Hall–Kier alpha value is -3.24. The molecule has 1 saturated heterocycles. The number of amides is 1. The van der Waals surface area contributed by atoms with Crippen LogP contribution in [-0.2, 0) is 21.2 Å². The van der Waals surface area contributed by atoms with Crippen molar-refractivity contribution in [3.8, 4) is 11.4 Å². The predicted molar refractivity (Wildman–Crippen MR) is 120 cm³/mol. The number of para-hydroxylation sites is 1. The number of carbonyl (C=O) groups is 1. The number of carbonyl (C=O) groups excluding carboxylic acids is 1. The van der Waals surface area contributed by atoms with Gasteiger partial charge in [0.05, 0.1) is 23.8 Å². The van der Waals surface area contributed by atoms with Gasteiger partial charge in [-0.1, -0.05) is 35.5 Å². The van der Waals surface area contributed by atoms with Crippen molar-refractivity contribution in [2.75, 3.05) is 30.6 Å². The van der Waals surface area contributed by atoms with Crippen molar-refractivity contribution < 1.29 is 22.5 Å². The monoisotopic (exact) mass is 468 g/mol. The first kappa shape index (κ1) is 21.6. The Morgan fingerprint density at radius 3 is 2.67 bits per heavy atom. The van der Waals surface area contributed by atoms with E-state index in [9.17, 15) is 13.2 Å². The Bertz CT molecular complexity index is 1310. The minimum atomic E-state index is -3.83. The van der Waals surface area contributed by atoms with Crippen LogP contribution < -0.4 is 4.31 Å². The Morgan fingerprint density at radius 2 is 1.88 bits per heavy atom. The van der Waals surface area contributed by atoms with Gasteiger partial charge >= 0.3 is 11.8 Å². The highest BCUT2D eigenvalue weighted by atomic mass is 32.2. The zero-order valence-electron chi connectivity index (χ0n) is 18.4. The van der Waals surface area contributed by atoms with Crippen LogP contribution in [0, 0.1) is 6.92 Å². The third-order valence-corrected chi connectivity index (χ3v) is 8.11. The van der Waals surface area contributed by atoms with Gasteiger partial charge in [0, 0.05) is 24.7 Å². The van der Waals surface area contributed by atoms with E-state index in [0.29, 0.717) is 49.5 Å². The molecule has 0 bridgehead atoms. The molecule has 2 aromatic carbocycles. The number of hydrogen-bond acceptors (Lipinski definition) is 7. The highest BCUT2D eigenvalue weighted by Gasteiger charge is 2.37. The SMILES string of the molecule is Cc1ccc(-c2noc(C(=O)N3CCOCC3)n2)cc1S(=O)(=O)N1c2ccccc2C[C@@H]1C. The first-order valence-corrected chi connectivity index (χ1v) is 12.2. The Morgan fingerprint density at radius 1 is 1.12 bits per heavy atom. The summed E-state index contributed by atoms with van der Waals surface area (Å²) in [5.74, 6) is -0.323. The number of anilines is 1. The smallest absolute Gasteiger partial charge is 0.316 e. The van der Waals surface area contributed by atoms with E-state index in [1.165, 1.54) is 4.31 Å². The number of benzene rings is 2. The lowest BCUT2D eigenvalue weighted by molar-refractivity contribution is 0.0272. The fraction of sp³-hybridized carbons (Fsp3) is 0.348. The molecule has 33 heavy (non-hydrogen) atoms. The van der Waals surface area contributed by atoms with Crippen molar-refractivity contribution in [1.82, 2.24) is 15.0 Å². The van der Waals surface area contributed by atoms with Crippen LogP contribution in [0.2, 0.25) is 0 Å². The number of rotatable bonds is 4. The van der Waals surface area contributed by atoms with Crippen LogP contribution in [0.4, 0.5) is 5.69 Å². The van der Waals surface area contributed by atoms with Gasteiger partial charge in [0.25, 0.3) is 10.0 Å². The van der Waals surface area contributed by atoms with Gasteiger partial charge < -0.3 is 14.2 Å². The van der Waals surface area contributed by atoms with E-state index in [4.69, 9.17) is 9.26 Å². The second-order valence-corrected chi connectivity index (χ2v) is 10.1. The fourth-order valence-corrected chi connectivity index (χ4v) is 6.30. The zero-order chi connectivity index (χ0) is 23.2. The molecule has 0 saturated carbocycles. The van der Waals surface area contributed by atoms with Gasteiger partial charge in [-0.3, -0.25) is 9.10 Å². The summed E-state index contributed by atoms with van der Waals surface area (Å²) < 4.78 is 39.4. The molecule has 0 N–H and O–H groups in total. The van der Waals surface area contributed by atoms with Crippen LogP contribution in [-0.4, -0.2) is 61.7 Å². The first-order chi connectivity index (χ1) is 15.9. The van der Waals surface area contributed by atoms with Gasteiger partial charge in [-0.05, 0) is 43.5 Å². The molecule has 0 spiro atoms. The summed E-state index contributed by atoms with van der Waals surface area (Å²) in [6.07, 6.45) is 0.659. The van der Waals surface area contributed by atoms with Gasteiger partial charge in [-0.2, -0.15) is 4.98 Å². The Kier molecular flexibility index (Phi) is 5.41. The molecular weight excluding hydrogens is 444 g/mol. The average molecular weight is 469 g/mol. The predicted octanol–water partition coefficient (Wildman–Crippen LogP) is 2.66. The zero-order valence-corrected chi connectivity index (χ0v) is 19.2. The van der Waals surface area contributed by atoms with Crippen LogP contribution >= 0.6 is 0 Å². The molecule has 0 unspecified atom stereocenters. The molecule has 3 aromatic rings. The molecule has 10 heteroatoms. The Labute approximate surface area is 192 Å². The van der Waals surface area contributed by atoms with Gasteiger partial charge in [0.15, 0.2) is 0 Å². The highest BCUT2D eigenvalue weighted by molar-refractivity contribution is 7.93. The van der Waals surface area contributed by atoms with Crippen molar-refractivity contribution in [3.05, 3.63) is 59.5 Å². The van der Waals surface area contributed by atoms with E-state index in [1.54, 1.807) is 30.0 Å². The van der Waals surface area contributed by atoms with Gasteiger partial charge in [-0.15, -0.1) is 0 Å². The molecule has 0 radical (unpaired) electrons. The molecule has 3 heterocycles. The van der Waals surface area contributed by atoms with E-state index < -0.39 is 10.0 Å². The summed E-state index contributed by atoms with van der Waals surface area (Å²) >= 11 is 0. The third kappa shape index (κ3) is 3.79. The minimum Gasteiger partial charge on any atom is -0.378 e. The molecule has 9 nitrogen and oxygen atoms in total. The lowest BCUT2D eigenvalue weighted by atomic mass is 10.1. The molecule has 1 fully saturated rings. The summed E-state index contributed by atoms with van der Waals surface area (Å²) in [5.41, 5.74) is 2.78. The molecule has 1 amide bonds. The normalized spacial score (nSPS) is 18.4. The van der Waals surface area contributed by atoms with Crippen LogP contribution in [0.25, 0.3) is 11.4 Å². The van der Waals surface area contributed by atoms with Crippen molar-refractivity contribution in [2.24, 2.45) is 0 Å². The number of nitrogens with zero attached hydrogens (tertiary/aromatic N) is 4. The van der Waals surface area contributed by atoms with E-state index in [1.807, 2.05) is 31.2 Å². The topological polar surface area (TPSA) is 106 Å². The maximum absolute atomic E-state index is 13.7. The average Bonchev–Trinajstić information content (AvgIpc) is 3.43. The van der Waals surface area contributed by atoms with Crippen molar-refractivity contribution >= 4 is 21.6 Å². The lowest BCUT2D eigenvalue weighted by Gasteiger charge is -2.25. The van der Waals surface area contributed by atoms with Crippen molar-refractivity contribution in [3.63, 3.8) is 0 Å². The van der Waals surface area contributed by atoms with Gasteiger partial charge in [0.2, 0.25) is 5.82 Å². The second-order valence-electron chi connectivity index (χ2n) is 8.29. The molecular formula is C23H24N4O5S. The van der Waals surface area contributed by atoms with Gasteiger partial charge in [0.1, 0.15) is 0 Å².